The Labute approximate surface area is 139 Å². The van der Waals surface area contributed by atoms with Crippen LogP contribution in [0.2, 0.25) is 0 Å². The first-order chi connectivity index (χ1) is 11.2. The average molecular weight is 319 g/mol. The number of hydrogen-bond donors (Lipinski definition) is 1. The lowest BCUT2D eigenvalue weighted by atomic mass is 10.1. The van der Waals surface area contributed by atoms with Crippen LogP contribution < -0.4 is 14.8 Å². The van der Waals surface area contributed by atoms with Crippen LogP contribution in [0.5, 0.6) is 11.5 Å². The molecule has 0 radical (unpaired) electrons. The number of benzene rings is 1. The second-order valence-electron chi connectivity index (χ2n) is 6.63. The van der Waals surface area contributed by atoms with Crippen molar-refractivity contribution in [2.45, 2.75) is 25.5 Å². The molecule has 2 saturated heterocycles. The Kier molecular flexibility index (Phi) is 5.75. The van der Waals surface area contributed by atoms with Crippen LogP contribution in [0.15, 0.2) is 18.2 Å². The number of likely N-dealkylation sites (tertiary alicyclic amines) is 1. The third kappa shape index (κ3) is 4.59. The van der Waals surface area contributed by atoms with Gasteiger partial charge in [0.05, 0.1) is 7.11 Å². The number of piperidine rings is 1. The Morgan fingerprint density at radius 1 is 1.09 bits per heavy atom. The van der Waals surface area contributed by atoms with E-state index in [1.807, 2.05) is 0 Å². The van der Waals surface area contributed by atoms with Crippen molar-refractivity contribution in [1.82, 2.24) is 15.1 Å². The number of ether oxygens (including phenoxy) is 2. The van der Waals surface area contributed by atoms with E-state index in [4.69, 9.17) is 9.47 Å². The molecule has 2 heterocycles. The zero-order valence-corrected chi connectivity index (χ0v) is 14.4. The highest BCUT2D eigenvalue weighted by atomic mass is 16.5. The molecule has 0 spiro atoms. The number of methoxy groups -OCH3 is 1. The lowest BCUT2D eigenvalue weighted by Gasteiger charge is -2.30. The minimum atomic E-state index is 0.305. The summed E-state index contributed by atoms with van der Waals surface area (Å²) >= 11 is 0. The van der Waals surface area contributed by atoms with Crippen LogP contribution in [0.1, 0.15) is 18.4 Å². The van der Waals surface area contributed by atoms with E-state index in [2.05, 4.69) is 40.4 Å². The summed E-state index contributed by atoms with van der Waals surface area (Å²) in [6.45, 7) is 7.56. The molecule has 3 rings (SSSR count). The summed E-state index contributed by atoms with van der Waals surface area (Å²) in [4.78, 5) is 4.83. The lowest BCUT2D eigenvalue weighted by Crippen LogP contribution is -2.42. The maximum atomic E-state index is 6.20. The SMILES string of the molecule is COc1cc(CN2CCNCC2)ccc1OC1CCN(C)CC1. The van der Waals surface area contributed by atoms with Gasteiger partial charge in [0.25, 0.3) is 0 Å². The van der Waals surface area contributed by atoms with Gasteiger partial charge in [0.1, 0.15) is 6.10 Å². The average Bonchev–Trinajstić information content (AvgIpc) is 2.59. The molecule has 5 nitrogen and oxygen atoms in total. The second-order valence-corrected chi connectivity index (χ2v) is 6.63. The molecule has 128 valence electrons. The molecule has 0 atom stereocenters. The molecule has 0 aromatic heterocycles. The molecule has 2 aliphatic heterocycles. The Morgan fingerprint density at radius 3 is 2.52 bits per heavy atom. The van der Waals surface area contributed by atoms with E-state index in [0.717, 1.165) is 70.2 Å². The molecule has 0 aliphatic carbocycles. The first-order valence-corrected chi connectivity index (χ1v) is 8.70. The molecule has 1 aromatic rings. The van der Waals surface area contributed by atoms with Crippen LogP contribution in [0.4, 0.5) is 0 Å². The number of piperazine rings is 1. The van der Waals surface area contributed by atoms with Crippen LogP contribution in [-0.2, 0) is 6.54 Å². The maximum Gasteiger partial charge on any atom is 0.161 e. The van der Waals surface area contributed by atoms with Gasteiger partial charge in [0.2, 0.25) is 0 Å². The maximum absolute atomic E-state index is 6.20. The van der Waals surface area contributed by atoms with Crippen LogP contribution >= 0.6 is 0 Å². The molecule has 2 aliphatic rings. The molecule has 5 heteroatoms. The van der Waals surface area contributed by atoms with Crippen molar-refractivity contribution in [3.8, 4) is 11.5 Å². The van der Waals surface area contributed by atoms with Crippen molar-refractivity contribution >= 4 is 0 Å². The highest BCUT2D eigenvalue weighted by Crippen LogP contribution is 2.31. The van der Waals surface area contributed by atoms with E-state index >= 15 is 0 Å². The summed E-state index contributed by atoms with van der Waals surface area (Å²) in [5.41, 5.74) is 1.29. The standard InChI is InChI=1S/C18H29N3O2/c1-20-9-5-16(6-10-20)23-17-4-3-15(13-18(17)22-2)14-21-11-7-19-8-12-21/h3-4,13,16,19H,5-12,14H2,1-2H3. The third-order valence-electron chi connectivity index (χ3n) is 4.80. The van der Waals surface area contributed by atoms with Gasteiger partial charge < -0.3 is 19.7 Å². The third-order valence-corrected chi connectivity index (χ3v) is 4.80. The summed E-state index contributed by atoms with van der Waals surface area (Å²) < 4.78 is 11.8. The molecule has 0 bridgehead atoms. The molecule has 23 heavy (non-hydrogen) atoms. The molecule has 2 fully saturated rings. The van der Waals surface area contributed by atoms with E-state index in [-0.39, 0.29) is 0 Å². The van der Waals surface area contributed by atoms with Crippen molar-refractivity contribution in [2.75, 3.05) is 53.4 Å². The Morgan fingerprint density at radius 2 is 1.83 bits per heavy atom. The molecular formula is C18H29N3O2. The Bertz CT molecular complexity index is 495. The summed E-state index contributed by atoms with van der Waals surface area (Å²) in [5.74, 6) is 1.74. The summed E-state index contributed by atoms with van der Waals surface area (Å²) in [6, 6.07) is 6.38. The van der Waals surface area contributed by atoms with Crippen molar-refractivity contribution < 1.29 is 9.47 Å². The minimum absolute atomic E-state index is 0.305. The minimum Gasteiger partial charge on any atom is -0.493 e. The monoisotopic (exact) mass is 319 g/mol. The number of hydrogen-bond acceptors (Lipinski definition) is 5. The van der Waals surface area contributed by atoms with E-state index in [1.165, 1.54) is 5.56 Å². The predicted octanol–water partition coefficient (Wildman–Crippen LogP) is 1.57. The number of rotatable bonds is 5. The van der Waals surface area contributed by atoms with Gasteiger partial charge >= 0.3 is 0 Å². The molecule has 0 saturated carbocycles. The summed E-state index contributed by atoms with van der Waals surface area (Å²) in [6.07, 6.45) is 2.48. The Balaban J connectivity index is 1.62. The van der Waals surface area contributed by atoms with Gasteiger partial charge in [-0.3, -0.25) is 4.90 Å². The van der Waals surface area contributed by atoms with Crippen LogP contribution in [0, 0.1) is 0 Å². The fourth-order valence-corrected chi connectivity index (χ4v) is 3.32. The molecule has 1 N–H and O–H groups in total. The first-order valence-electron chi connectivity index (χ1n) is 8.70. The Hall–Kier alpha value is -1.30. The van der Waals surface area contributed by atoms with Crippen LogP contribution in [0.3, 0.4) is 0 Å². The van der Waals surface area contributed by atoms with Gasteiger partial charge in [0, 0.05) is 45.8 Å². The second kappa shape index (κ2) is 7.99. The van der Waals surface area contributed by atoms with Crippen molar-refractivity contribution in [1.29, 1.82) is 0 Å². The largest absolute Gasteiger partial charge is 0.493 e. The van der Waals surface area contributed by atoms with Gasteiger partial charge in [-0.1, -0.05) is 6.07 Å². The number of nitrogens with zero attached hydrogens (tertiary/aromatic N) is 2. The van der Waals surface area contributed by atoms with Gasteiger partial charge in [0.15, 0.2) is 11.5 Å². The lowest BCUT2D eigenvalue weighted by molar-refractivity contribution is 0.111. The summed E-state index contributed by atoms with van der Waals surface area (Å²) in [5, 5.41) is 3.39. The van der Waals surface area contributed by atoms with Crippen molar-refractivity contribution in [3.05, 3.63) is 23.8 Å². The highest BCUT2D eigenvalue weighted by Gasteiger charge is 2.20. The zero-order valence-electron chi connectivity index (χ0n) is 14.4. The zero-order chi connectivity index (χ0) is 16.1. The predicted molar refractivity (Wildman–Crippen MR) is 92.3 cm³/mol. The fourth-order valence-electron chi connectivity index (χ4n) is 3.32. The normalized spacial score (nSPS) is 21.3. The van der Waals surface area contributed by atoms with Crippen molar-refractivity contribution in [2.24, 2.45) is 0 Å². The highest BCUT2D eigenvalue weighted by molar-refractivity contribution is 5.43. The first kappa shape index (κ1) is 16.6. The van der Waals surface area contributed by atoms with E-state index < -0.39 is 0 Å². The number of nitrogens with one attached hydrogen (secondary N) is 1. The van der Waals surface area contributed by atoms with E-state index in [9.17, 15) is 0 Å². The topological polar surface area (TPSA) is 37.0 Å². The van der Waals surface area contributed by atoms with Crippen LogP contribution in [0.25, 0.3) is 0 Å². The van der Waals surface area contributed by atoms with Crippen molar-refractivity contribution in [3.63, 3.8) is 0 Å². The van der Waals surface area contributed by atoms with Gasteiger partial charge in [-0.2, -0.15) is 0 Å². The smallest absolute Gasteiger partial charge is 0.161 e. The fraction of sp³-hybridized carbons (Fsp3) is 0.667. The van der Waals surface area contributed by atoms with E-state index in [1.54, 1.807) is 7.11 Å². The summed E-state index contributed by atoms with van der Waals surface area (Å²) in [7, 11) is 3.90. The molecule has 1 aromatic carbocycles. The quantitative estimate of drug-likeness (QED) is 0.892. The molecular weight excluding hydrogens is 290 g/mol. The van der Waals surface area contributed by atoms with E-state index in [0.29, 0.717) is 6.10 Å². The van der Waals surface area contributed by atoms with Gasteiger partial charge in [-0.25, -0.2) is 0 Å². The van der Waals surface area contributed by atoms with Gasteiger partial charge in [-0.05, 0) is 37.6 Å². The van der Waals surface area contributed by atoms with Gasteiger partial charge in [-0.15, -0.1) is 0 Å². The van der Waals surface area contributed by atoms with Crippen LogP contribution in [-0.4, -0.2) is 69.3 Å². The molecule has 0 unspecified atom stereocenters. The molecule has 0 amide bonds.